The van der Waals surface area contributed by atoms with Crippen LogP contribution in [0.2, 0.25) is 20.1 Å². The number of nitrogens with zero attached hydrogens (tertiary/aromatic N) is 14. The molecule has 2 bridgehead atoms. The van der Waals surface area contributed by atoms with Gasteiger partial charge < -0.3 is 77.5 Å². The van der Waals surface area contributed by atoms with Gasteiger partial charge in [-0.2, -0.15) is 0 Å². The van der Waals surface area contributed by atoms with Gasteiger partial charge in [-0.15, -0.1) is 0 Å². The Bertz CT molecular complexity index is 6640. The molecule has 12 aromatic rings. The fourth-order valence-corrected chi connectivity index (χ4v) is 19.9. The fourth-order valence-electron chi connectivity index (χ4n) is 19.0. The summed E-state index contributed by atoms with van der Waals surface area (Å²) < 4.78 is 99.2. The molecule has 12 N–H and O–H groups in total. The number of aryl methyl sites for hydroxylation is 4. The molecule has 5 aliphatic rings. The minimum atomic E-state index is -0.958. The van der Waals surface area contributed by atoms with Crippen LogP contribution in [0.4, 0.5) is 40.8 Å². The summed E-state index contributed by atoms with van der Waals surface area (Å²) in [4.78, 5) is 92.8. The van der Waals surface area contributed by atoms with Gasteiger partial charge in [0.15, 0.2) is 23.3 Å². The van der Waals surface area contributed by atoms with Crippen molar-refractivity contribution in [3.05, 3.63) is 208 Å². The number of likely N-dealkylation sites (tertiary alicyclic amines) is 1. The van der Waals surface area contributed by atoms with Crippen molar-refractivity contribution >= 4 is 115 Å². The van der Waals surface area contributed by atoms with Crippen LogP contribution >= 0.6 is 46.4 Å². The van der Waals surface area contributed by atoms with Crippen LogP contribution in [0.15, 0.2) is 73.8 Å². The second kappa shape index (κ2) is 42.4. The first-order chi connectivity index (χ1) is 65.8. The van der Waals surface area contributed by atoms with Crippen LogP contribution in [0.1, 0.15) is 294 Å². The molecule has 2 aliphatic heterocycles. The van der Waals surface area contributed by atoms with E-state index in [1.165, 1.54) is 30.7 Å². The van der Waals surface area contributed by atoms with E-state index in [9.17, 15) is 24.3 Å². The van der Waals surface area contributed by atoms with Crippen molar-refractivity contribution in [3.8, 4) is 23.0 Å². The van der Waals surface area contributed by atoms with E-state index in [-0.39, 0.29) is 120 Å². The first-order valence-electron chi connectivity index (χ1n) is 47.1. The molecule has 5 fully saturated rings. The Balaban J connectivity index is 0.000000148. The number of likely N-dealkylation sites (N-methyl/N-ethyl adjacent to an activating group) is 1. The Morgan fingerprint density at radius 3 is 1.07 bits per heavy atom. The number of nitrogens with two attached hydrogens (primary N) is 4. The number of benzene rings is 4. The average Bonchev–Trinajstić information content (AvgIpc) is 1.70. The summed E-state index contributed by atoms with van der Waals surface area (Å²) in [5, 5.41) is 18.4. The lowest BCUT2D eigenvalue weighted by atomic mass is 9.80. The van der Waals surface area contributed by atoms with E-state index < -0.39 is 70.3 Å². The molecule has 6 unspecified atom stereocenters. The number of aromatic nitrogens is 12. The van der Waals surface area contributed by atoms with Crippen molar-refractivity contribution in [1.29, 1.82) is 0 Å². The number of anilines is 4. The van der Waals surface area contributed by atoms with Gasteiger partial charge in [0.05, 0.1) is 90.6 Å². The molecular weight excluding hydrogens is 1870 g/mol. The lowest BCUT2D eigenvalue weighted by Crippen LogP contribution is -2.48. The van der Waals surface area contributed by atoms with Crippen LogP contribution in [0, 0.1) is 56.9 Å². The van der Waals surface area contributed by atoms with Gasteiger partial charge in [-0.3, -0.25) is 36.8 Å². The molecule has 10 heterocycles. The highest BCUT2D eigenvalue weighted by Crippen LogP contribution is 2.48. The van der Waals surface area contributed by atoms with Crippen molar-refractivity contribution < 1.29 is 65.5 Å². The number of fused-ring (bicyclic) bond motifs is 6. The molecule has 8 aromatic heterocycles. The highest BCUT2D eigenvalue weighted by atomic mass is 35.5. The second-order valence-electron chi connectivity index (χ2n) is 38.4. The molecule has 0 spiro atoms. The summed E-state index contributed by atoms with van der Waals surface area (Å²) in [6.45, 7) is 31.7. The van der Waals surface area contributed by atoms with Crippen LogP contribution in [0.25, 0.3) is 22.1 Å². The zero-order valence-corrected chi connectivity index (χ0v) is 84.5. The van der Waals surface area contributed by atoms with E-state index in [1.807, 2.05) is 134 Å². The maximum atomic E-state index is 15.5. The van der Waals surface area contributed by atoms with Gasteiger partial charge in [0, 0.05) is 128 Å². The van der Waals surface area contributed by atoms with E-state index in [1.54, 1.807) is 68.3 Å². The van der Waals surface area contributed by atoms with Crippen LogP contribution in [0.3, 0.4) is 0 Å². The third-order valence-corrected chi connectivity index (χ3v) is 27.1. The van der Waals surface area contributed by atoms with Crippen molar-refractivity contribution in [1.82, 2.24) is 83.2 Å². The normalized spacial score (nSPS) is 16.9. The largest absolute Gasteiger partial charge is 0.490 e. The highest BCUT2D eigenvalue weighted by molar-refractivity contribution is 6.32. The summed E-state index contributed by atoms with van der Waals surface area (Å²) in [7, 11) is 3.89. The average molecular weight is 2000 g/mol. The number of hydrogen-bond donors (Lipinski definition) is 8. The predicted octanol–water partition coefficient (Wildman–Crippen LogP) is 18.2. The van der Waals surface area contributed by atoms with Crippen LogP contribution in [-0.4, -0.2) is 191 Å². The molecule has 2 saturated heterocycles. The Kier molecular flexibility index (Phi) is 31.5. The number of aliphatic hydroxyl groups is 1. The number of morpholine rings is 1. The van der Waals surface area contributed by atoms with Gasteiger partial charge in [0.25, 0.3) is 23.6 Å². The molecule has 3 aliphatic carbocycles. The van der Waals surface area contributed by atoms with E-state index in [0.717, 1.165) is 69.2 Å². The molecule has 4 aromatic carbocycles. The van der Waals surface area contributed by atoms with Gasteiger partial charge >= 0.3 is 0 Å². The molecule has 39 heteroatoms. The van der Waals surface area contributed by atoms with E-state index in [0.29, 0.717) is 147 Å². The first kappa shape index (κ1) is 103. The zero-order chi connectivity index (χ0) is 101. The number of rotatable bonds is 27. The molecule has 31 nitrogen and oxygen atoms in total. The number of imidazole rings is 4. The number of nitrogen functional groups attached to an aromatic ring is 4. The Labute approximate surface area is 824 Å². The molecule has 744 valence electrons. The number of amides is 4. The Hall–Kier alpha value is -11.6. The molecule has 3 saturated carbocycles. The lowest BCUT2D eigenvalue weighted by Gasteiger charge is -2.36. The third kappa shape index (κ3) is 21.8. The number of carbonyl (C=O) groups excluding carboxylic acids is 4. The topological polar surface area (TPSA) is 402 Å². The minimum Gasteiger partial charge on any atom is -0.490 e. The lowest BCUT2D eigenvalue weighted by molar-refractivity contribution is -0.0306. The number of ether oxygens (including phenoxy) is 5. The van der Waals surface area contributed by atoms with Crippen molar-refractivity contribution in [2.75, 3.05) is 69.8 Å². The number of halogens is 8. The summed E-state index contributed by atoms with van der Waals surface area (Å²) in [6.07, 6.45) is 23.4. The number of hydrogen-bond acceptors (Lipinski definition) is 23. The summed E-state index contributed by atoms with van der Waals surface area (Å²) in [5.74, 6) is -1.93. The quantitative estimate of drug-likeness (QED) is 0.0222. The molecular formula is C100H123Cl4F4N21O10. The van der Waals surface area contributed by atoms with Gasteiger partial charge in [0.2, 0.25) is 0 Å². The monoisotopic (exact) mass is 1990 g/mol. The van der Waals surface area contributed by atoms with Crippen LogP contribution in [0.5, 0.6) is 23.0 Å². The van der Waals surface area contributed by atoms with Gasteiger partial charge in [-0.05, 0) is 185 Å². The molecule has 4 amide bonds. The Morgan fingerprint density at radius 1 is 0.460 bits per heavy atom. The van der Waals surface area contributed by atoms with Crippen molar-refractivity contribution in [2.45, 2.75) is 259 Å². The van der Waals surface area contributed by atoms with Crippen molar-refractivity contribution in [3.63, 3.8) is 0 Å². The highest BCUT2D eigenvalue weighted by Gasteiger charge is 2.47. The summed E-state index contributed by atoms with van der Waals surface area (Å²) in [6, 6.07) is 6.04. The molecule has 0 radical (unpaired) electrons. The van der Waals surface area contributed by atoms with Gasteiger partial charge in [-0.25, -0.2) is 57.4 Å². The van der Waals surface area contributed by atoms with E-state index in [4.69, 9.17) is 108 Å². The third-order valence-electron chi connectivity index (χ3n) is 26.0. The summed E-state index contributed by atoms with van der Waals surface area (Å²) >= 11 is 25.3. The predicted molar refractivity (Wildman–Crippen MR) is 529 cm³/mol. The minimum absolute atomic E-state index is 0.0221. The van der Waals surface area contributed by atoms with Gasteiger partial charge in [-0.1, -0.05) is 93.4 Å². The van der Waals surface area contributed by atoms with E-state index >= 15 is 17.6 Å². The number of carbonyl (C=O) groups is 4. The maximum absolute atomic E-state index is 15.5. The zero-order valence-electron chi connectivity index (χ0n) is 81.5. The maximum Gasteiger partial charge on any atom is 0.260 e. The molecule has 139 heavy (non-hydrogen) atoms. The van der Waals surface area contributed by atoms with Gasteiger partial charge in [0.1, 0.15) is 114 Å². The SMILES string of the molecule is Cc1nc(C(C)c2cc(Cl)c(F)c(C(=O)N3CC4CCC(C3)O4)c2OC(C)C)n2ccnc(N)c12.Cc1nc(C(C)c2cc(Cl)c(F)c(C(=O)NC3(CN(C)C)CC3)c2OC(C)C)n2ccnc(N)c12.Cc1nc(C(C)c2cc(Cl)c(F)c(C(=O)NCC3(O)CCC3)c2OC(C)C)n2ccnc(N)c12.Cc1nc(C(C)c2cc(Cl)c(F)c(C(=O)NCC3CCCCC3)c2OC(C)C)n2ccnc(N)c12. The Morgan fingerprint density at radius 2 is 0.770 bits per heavy atom. The summed E-state index contributed by atoms with van der Waals surface area (Å²) in [5.41, 5.74) is 30.1. The number of nitrogens with one attached hydrogen (secondary N) is 3. The second-order valence-corrected chi connectivity index (χ2v) is 40.0. The smallest absolute Gasteiger partial charge is 0.260 e. The van der Waals surface area contributed by atoms with E-state index in [2.05, 4.69) is 40.9 Å². The molecule has 6 atom stereocenters. The first-order valence-corrected chi connectivity index (χ1v) is 48.6. The van der Waals surface area contributed by atoms with Crippen LogP contribution < -0.4 is 57.8 Å². The van der Waals surface area contributed by atoms with Crippen molar-refractivity contribution in [2.24, 2.45) is 5.92 Å². The van der Waals surface area contributed by atoms with Crippen LogP contribution in [-0.2, 0) is 4.74 Å². The standard InChI is InChI=1S/C26H33ClFN5O2.C25H32ClFN6O2.C25H29ClFN5O3.C24H29ClFN5O3/c1-14(2)35-23-18(15(3)25-32-16(4)22-24(29)30-10-11-33(22)25)12-19(27)21(28)20(23)26(34)31-13-17-8-6-5-7-9-17;1-13(2)35-21-16(14(3)23-30-15(4)20-22(28)29-9-10-33(20)23)11-17(26)19(27)18(21)24(34)31-25(7-8-25)12-32(5)6;1-12(2)34-22-17(13(3)24-30-14(4)21-23(28)29-7-8-32(21)24)9-18(26)20(27)19(22)25(33)31-10-15-5-6-16(11-31)35-15;1-12(2)34-20-15(13(3)22-30-14(4)19-21(27)28-8-9-31(19)22)10-16(25)18(26)17(20)23(32)29-11-24(33)6-5-7-24/h10-12,14-15,17H,5-9,13H2,1-4H3,(H2,29,30)(H,31,34);9-11,13-14H,7-8,12H2,1-6H3,(H2,28,29)(H,31,34);7-9,12-13,15-16H,5-6,10-11H2,1-4H3,(H2,28,29);8-10,12-13,33H,5-7,11H2,1-4H3,(H2,27,28)(H,29,32). The fraction of sp³-hybridized carbons (Fsp3) is 0.480. The molecule has 17 rings (SSSR count).